The van der Waals surface area contributed by atoms with Crippen LogP contribution in [0, 0.1) is 0 Å². The fraction of sp³-hybridized carbons (Fsp3) is 0.615. The molecule has 0 amide bonds. The summed E-state index contributed by atoms with van der Waals surface area (Å²) in [6, 6.07) is 2.19. The largest absolute Gasteiger partial charge is 0.368 e. The molecule has 19 heavy (non-hydrogen) atoms. The average Bonchev–Trinajstić information content (AvgIpc) is 2.88. The first-order chi connectivity index (χ1) is 8.78. The second kappa shape index (κ2) is 6.41. The van der Waals surface area contributed by atoms with E-state index in [0.717, 1.165) is 45.0 Å². The highest BCUT2D eigenvalue weighted by Crippen LogP contribution is 2.35. The molecule has 0 saturated heterocycles. The molecule has 0 fully saturated rings. The topological polar surface area (TPSA) is 45.7 Å². The molecule has 106 valence electrons. The van der Waals surface area contributed by atoms with Gasteiger partial charge < -0.3 is 15.4 Å². The van der Waals surface area contributed by atoms with E-state index in [4.69, 9.17) is 4.74 Å². The smallest absolute Gasteiger partial charge is 0.191 e. The van der Waals surface area contributed by atoms with Crippen molar-refractivity contribution < 1.29 is 4.74 Å². The first-order valence-corrected chi connectivity index (χ1v) is 7.39. The van der Waals surface area contributed by atoms with Crippen LogP contribution in [0.5, 0.6) is 0 Å². The van der Waals surface area contributed by atoms with Crippen LogP contribution < -0.4 is 10.6 Å². The summed E-state index contributed by atoms with van der Waals surface area (Å²) in [5.74, 6) is 0.911. The molecule has 0 radical (unpaired) electrons. The second-order valence-corrected chi connectivity index (χ2v) is 5.95. The lowest BCUT2D eigenvalue weighted by Crippen LogP contribution is -2.48. The van der Waals surface area contributed by atoms with Crippen molar-refractivity contribution in [1.29, 1.82) is 0 Å². The van der Waals surface area contributed by atoms with Crippen molar-refractivity contribution in [3.05, 3.63) is 21.9 Å². The van der Waals surface area contributed by atoms with Gasteiger partial charge in [0, 0.05) is 24.4 Å². The zero-order valence-corrected chi connectivity index (χ0v) is 14.2. The van der Waals surface area contributed by atoms with Crippen LogP contribution in [0.3, 0.4) is 0 Å². The molecular weight excluding hydrogens is 373 g/mol. The number of nitrogens with one attached hydrogen (secondary N) is 2. The molecule has 1 atom stereocenters. The third kappa shape index (κ3) is 3.22. The molecule has 2 N–H and O–H groups in total. The van der Waals surface area contributed by atoms with Gasteiger partial charge in [-0.3, -0.25) is 4.99 Å². The number of hydrogen-bond acceptors (Lipinski definition) is 5. The highest BCUT2D eigenvalue weighted by Gasteiger charge is 2.34. The molecule has 1 unspecified atom stereocenters. The van der Waals surface area contributed by atoms with E-state index in [9.17, 15) is 0 Å². The summed E-state index contributed by atoms with van der Waals surface area (Å²) in [5, 5.41) is 8.82. The number of halogens is 1. The molecule has 1 aromatic heterocycles. The minimum Gasteiger partial charge on any atom is -0.368 e. The molecule has 0 saturated carbocycles. The number of fused-ring (bicyclic) bond motifs is 1. The summed E-state index contributed by atoms with van der Waals surface area (Å²) in [7, 11) is 0. The van der Waals surface area contributed by atoms with E-state index in [1.54, 1.807) is 0 Å². The van der Waals surface area contributed by atoms with E-state index >= 15 is 0 Å². The Balaban J connectivity index is 0.00000133. The molecular formula is C13H20IN3OS. The average molecular weight is 393 g/mol. The van der Waals surface area contributed by atoms with Gasteiger partial charge in [-0.1, -0.05) is 0 Å². The van der Waals surface area contributed by atoms with Gasteiger partial charge in [0.05, 0.1) is 13.2 Å². The van der Waals surface area contributed by atoms with Crippen LogP contribution in [0.2, 0.25) is 0 Å². The quantitative estimate of drug-likeness (QED) is 0.757. The number of guanidine groups is 1. The summed E-state index contributed by atoms with van der Waals surface area (Å²) >= 11 is 1.84. The van der Waals surface area contributed by atoms with Crippen LogP contribution in [0.1, 0.15) is 23.8 Å². The van der Waals surface area contributed by atoms with Crippen molar-refractivity contribution in [3.8, 4) is 0 Å². The van der Waals surface area contributed by atoms with Crippen LogP contribution in [0.25, 0.3) is 0 Å². The van der Waals surface area contributed by atoms with Gasteiger partial charge in [0.15, 0.2) is 5.96 Å². The van der Waals surface area contributed by atoms with Crippen molar-refractivity contribution in [3.63, 3.8) is 0 Å². The van der Waals surface area contributed by atoms with Crippen molar-refractivity contribution in [2.45, 2.75) is 25.4 Å². The van der Waals surface area contributed by atoms with Gasteiger partial charge in [0.2, 0.25) is 0 Å². The van der Waals surface area contributed by atoms with Crippen molar-refractivity contribution in [1.82, 2.24) is 10.6 Å². The summed E-state index contributed by atoms with van der Waals surface area (Å²) in [5.41, 5.74) is 1.11. The maximum absolute atomic E-state index is 6.00. The fourth-order valence-corrected chi connectivity index (χ4v) is 3.48. The Hall–Kier alpha value is -0.340. The third-order valence-corrected chi connectivity index (χ3v) is 4.54. The summed E-state index contributed by atoms with van der Waals surface area (Å²) in [6.45, 7) is 5.66. The third-order valence-electron chi connectivity index (χ3n) is 3.56. The number of nitrogens with zero attached hydrogens (tertiary/aromatic N) is 1. The SMILES string of the molecule is CC1(CNC2=NCCCN2)OCCc2sccc21.I. The molecule has 6 heteroatoms. The number of ether oxygens (including phenoxy) is 1. The minimum atomic E-state index is -0.227. The van der Waals surface area contributed by atoms with E-state index in [-0.39, 0.29) is 29.6 Å². The maximum atomic E-state index is 6.00. The molecule has 0 aromatic carbocycles. The Morgan fingerprint density at radius 3 is 3.26 bits per heavy atom. The van der Waals surface area contributed by atoms with Crippen LogP contribution in [0.4, 0.5) is 0 Å². The second-order valence-electron chi connectivity index (χ2n) is 4.95. The van der Waals surface area contributed by atoms with Gasteiger partial charge in [0.1, 0.15) is 5.60 Å². The molecule has 0 aliphatic carbocycles. The van der Waals surface area contributed by atoms with Gasteiger partial charge >= 0.3 is 0 Å². The van der Waals surface area contributed by atoms with Crippen molar-refractivity contribution in [2.24, 2.45) is 4.99 Å². The highest BCUT2D eigenvalue weighted by molar-refractivity contribution is 14.0. The van der Waals surface area contributed by atoms with E-state index in [2.05, 4.69) is 34.0 Å². The minimum absolute atomic E-state index is 0. The van der Waals surface area contributed by atoms with Gasteiger partial charge in [0.25, 0.3) is 0 Å². The Bertz CT molecular complexity index is 462. The molecule has 0 spiro atoms. The lowest BCUT2D eigenvalue weighted by atomic mass is 9.93. The Morgan fingerprint density at radius 2 is 2.47 bits per heavy atom. The van der Waals surface area contributed by atoms with E-state index in [0.29, 0.717) is 0 Å². The number of thiophene rings is 1. The predicted molar refractivity (Wildman–Crippen MR) is 89.7 cm³/mol. The van der Waals surface area contributed by atoms with Crippen LogP contribution in [0.15, 0.2) is 16.4 Å². The summed E-state index contributed by atoms with van der Waals surface area (Å²) in [6.07, 6.45) is 2.16. The molecule has 3 heterocycles. The summed E-state index contributed by atoms with van der Waals surface area (Å²) in [4.78, 5) is 5.89. The van der Waals surface area contributed by atoms with Crippen LogP contribution in [-0.2, 0) is 16.8 Å². The van der Waals surface area contributed by atoms with E-state index in [1.165, 1.54) is 10.4 Å². The first-order valence-electron chi connectivity index (χ1n) is 6.51. The molecule has 2 aliphatic rings. The molecule has 4 nitrogen and oxygen atoms in total. The molecule has 2 aliphatic heterocycles. The Kier molecular flexibility index (Phi) is 5.08. The number of aliphatic imine (C=N–C) groups is 1. The van der Waals surface area contributed by atoms with Crippen molar-refractivity contribution >= 4 is 41.3 Å². The molecule has 1 aromatic rings. The number of rotatable bonds is 2. The van der Waals surface area contributed by atoms with Gasteiger partial charge in [-0.05, 0) is 30.4 Å². The zero-order valence-electron chi connectivity index (χ0n) is 11.1. The predicted octanol–water partition coefficient (Wildman–Crippen LogP) is 2.09. The standard InChI is InChI=1S/C13H19N3OS.HI/c1-13(9-16-12-14-5-2-6-15-12)10-4-8-18-11(10)3-7-17-13;/h4,8H,2-3,5-7,9H2,1H3,(H2,14,15,16);1H. The Morgan fingerprint density at radius 1 is 1.58 bits per heavy atom. The Labute approximate surface area is 135 Å². The normalized spacial score (nSPS) is 25.6. The molecule has 0 bridgehead atoms. The lowest BCUT2D eigenvalue weighted by molar-refractivity contribution is -0.0410. The lowest BCUT2D eigenvalue weighted by Gasteiger charge is -2.35. The highest BCUT2D eigenvalue weighted by atomic mass is 127. The van der Waals surface area contributed by atoms with Gasteiger partial charge in [-0.2, -0.15) is 0 Å². The van der Waals surface area contributed by atoms with Crippen LogP contribution in [-0.4, -0.2) is 32.2 Å². The molecule has 3 rings (SSSR count). The first kappa shape index (κ1) is 15.1. The number of hydrogen-bond donors (Lipinski definition) is 2. The van der Waals surface area contributed by atoms with E-state index < -0.39 is 0 Å². The van der Waals surface area contributed by atoms with Crippen LogP contribution >= 0.6 is 35.3 Å². The fourth-order valence-electron chi connectivity index (χ4n) is 2.50. The monoisotopic (exact) mass is 393 g/mol. The summed E-state index contributed by atoms with van der Waals surface area (Å²) < 4.78 is 6.00. The van der Waals surface area contributed by atoms with Crippen molar-refractivity contribution in [2.75, 3.05) is 26.2 Å². The van der Waals surface area contributed by atoms with E-state index in [1.807, 2.05) is 11.3 Å². The van der Waals surface area contributed by atoms with Gasteiger partial charge in [-0.15, -0.1) is 35.3 Å². The zero-order chi connectivity index (χ0) is 12.4. The maximum Gasteiger partial charge on any atom is 0.191 e. The van der Waals surface area contributed by atoms with Gasteiger partial charge in [-0.25, -0.2) is 0 Å².